The molecular formula is C17H20ClNO. The van der Waals surface area contributed by atoms with Gasteiger partial charge in [0.15, 0.2) is 0 Å². The molecule has 0 spiro atoms. The van der Waals surface area contributed by atoms with Gasteiger partial charge >= 0.3 is 0 Å². The van der Waals surface area contributed by atoms with Crippen molar-refractivity contribution in [2.75, 3.05) is 19.0 Å². The highest BCUT2D eigenvalue weighted by Gasteiger charge is 2.13. The van der Waals surface area contributed by atoms with E-state index in [4.69, 9.17) is 11.6 Å². The van der Waals surface area contributed by atoms with E-state index in [1.807, 2.05) is 29.2 Å². The van der Waals surface area contributed by atoms with Crippen LogP contribution in [0.25, 0.3) is 10.8 Å². The van der Waals surface area contributed by atoms with Gasteiger partial charge in [0.2, 0.25) is 5.91 Å². The van der Waals surface area contributed by atoms with Crippen molar-refractivity contribution in [2.24, 2.45) is 0 Å². The van der Waals surface area contributed by atoms with Crippen LogP contribution < -0.4 is 0 Å². The fraction of sp³-hybridized carbons (Fsp3) is 0.353. The predicted octanol–water partition coefficient (Wildman–Crippen LogP) is 3.86. The number of hydrogen-bond acceptors (Lipinski definition) is 1. The Morgan fingerprint density at radius 3 is 2.60 bits per heavy atom. The lowest BCUT2D eigenvalue weighted by atomic mass is 10.0. The Morgan fingerprint density at radius 2 is 1.85 bits per heavy atom. The van der Waals surface area contributed by atoms with Crippen molar-refractivity contribution in [3.05, 3.63) is 48.0 Å². The molecule has 0 aromatic heterocycles. The predicted molar refractivity (Wildman–Crippen MR) is 85.2 cm³/mol. The SMILES string of the molecule is CCCN(CCCl)C(=O)Cc1cccc2ccccc12. The smallest absolute Gasteiger partial charge is 0.227 e. The fourth-order valence-corrected chi connectivity index (χ4v) is 2.66. The third-order valence-electron chi connectivity index (χ3n) is 3.42. The number of carbonyl (C=O) groups is 1. The van der Waals surface area contributed by atoms with Crippen LogP contribution in [0.15, 0.2) is 42.5 Å². The number of nitrogens with zero attached hydrogens (tertiary/aromatic N) is 1. The first-order valence-corrected chi connectivity index (χ1v) is 7.60. The van der Waals surface area contributed by atoms with E-state index in [1.54, 1.807) is 0 Å². The van der Waals surface area contributed by atoms with Crippen LogP contribution >= 0.6 is 11.6 Å². The van der Waals surface area contributed by atoms with Crippen molar-refractivity contribution in [1.82, 2.24) is 4.90 Å². The monoisotopic (exact) mass is 289 g/mol. The zero-order valence-corrected chi connectivity index (χ0v) is 12.6. The number of amides is 1. The summed E-state index contributed by atoms with van der Waals surface area (Å²) in [6.45, 7) is 3.47. The molecule has 0 fully saturated rings. The highest BCUT2D eigenvalue weighted by molar-refractivity contribution is 6.18. The molecule has 0 N–H and O–H groups in total. The molecule has 0 aliphatic rings. The highest BCUT2D eigenvalue weighted by atomic mass is 35.5. The second kappa shape index (κ2) is 7.30. The standard InChI is InChI=1S/C17H20ClNO/c1-2-11-19(12-10-18)17(20)13-15-8-5-7-14-6-3-4-9-16(14)15/h3-9H,2,10-13H2,1H3. The van der Waals surface area contributed by atoms with Crippen molar-refractivity contribution in [3.63, 3.8) is 0 Å². The molecule has 0 aliphatic heterocycles. The average molecular weight is 290 g/mol. The molecule has 0 radical (unpaired) electrons. The largest absolute Gasteiger partial charge is 0.341 e. The van der Waals surface area contributed by atoms with Crippen LogP contribution in [-0.4, -0.2) is 29.8 Å². The molecule has 0 heterocycles. The Labute approximate surface area is 125 Å². The van der Waals surface area contributed by atoms with Gasteiger partial charge in [-0.25, -0.2) is 0 Å². The molecule has 2 rings (SSSR count). The normalized spacial score (nSPS) is 10.7. The lowest BCUT2D eigenvalue weighted by molar-refractivity contribution is -0.130. The minimum atomic E-state index is 0.156. The quantitative estimate of drug-likeness (QED) is 0.740. The van der Waals surface area contributed by atoms with E-state index in [1.165, 1.54) is 5.39 Å². The number of fused-ring (bicyclic) bond motifs is 1. The molecule has 0 saturated heterocycles. The molecule has 2 aromatic rings. The minimum absolute atomic E-state index is 0.156. The van der Waals surface area contributed by atoms with Crippen LogP contribution in [-0.2, 0) is 11.2 Å². The molecule has 0 saturated carbocycles. The Kier molecular flexibility index (Phi) is 5.42. The van der Waals surface area contributed by atoms with Gasteiger partial charge in [-0.3, -0.25) is 4.79 Å². The summed E-state index contributed by atoms with van der Waals surface area (Å²) in [5.74, 6) is 0.644. The van der Waals surface area contributed by atoms with Gasteiger partial charge in [-0.05, 0) is 22.8 Å². The maximum atomic E-state index is 12.4. The number of alkyl halides is 1. The van der Waals surface area contributed by atoms with Gasteiger partial charge in [0.25, 0.3) is 0 Å². The summed E-state index contributed by atoms with van der Waals surface area (Å²) in [6, 6.07) is 14.3. The second-order valence-electron chi connectivity index (χ2n) is 4.88. The molecule has 0 aliphatic carbocycles. The lowest BCUT2D eigenvalue weighted by Crippen LogP contribution is -2.34. The van der Waals surface area contributed by atoms with Gasteiger partial charge in [-0.15, -0.1) is 11.6 Å². The van der Waals surface area contributed by atoms with E-state index >= 15 is 0 Å². The number of benzene rings is 2. The third kappa shape index (κ3) is 3.51. The topological polar surface area (TPSA) is 20.3 Å². The zero-order valence-electron chi connectivity index (χ0n) is 11.8. The van der Waals surface area contributed by atoms with E-state index in [9.17, 15) is 4.79 Å². The summed E-state index contributed by atoms with van der Waals surface area (Å²) >= 11 is 5.78. The Balaban J connectivity index is 2.20. The molecule has 2 nitrogen and oxygen atoms in total. The van der Waals surface area contributed by atoms with E-state index < -0.39 is 0 Å². The lowest BCUT2D eigenvalue weighted by Gasteiger charge is -2.21. The zero-order chi connectivity index (χ0) is 14.4. The summed E-state index contributed by atoms with van der Waals surface area (Å²) in [6.07, 6.45) is 1.40. The number of hydrogen-bond donors (Lipinski definition) is 0. The molecule has 3 heteroatoms. The van der Waals surface area contributed by atoms with Crippen molar-refractivity contribution in [1.29, 1.82) is 0 Å². The fourth-order valence-electron chi connectivity index (χ4n) is 2.45. The van der Waals surface area contributed by atoms with Crippen LogP contribution in [0.3, 0.4) is 0 Å². The first-order chi connectivity index (χ1) is 9.76. The first kappa shape index (κ1) is 14.9. The first-order valence-electron chi connectivity index (χ1n) is 7.06. The van der Waals surface area contributed by atoms with Crippen molar-refractivity contribution < 1.29 is 4.79 Å². The average Bonchev–Trinajstić information content (AvgIpc) is 2.47. The van der Waals surface area contributed by atoms with Crippen LogP contribution in [0.4, 0.5) is 0 Å². The molecule has 0 unspecified atom stereocenters. The van der Waals surface area contributed by atoms with Gasteiger partial charge in [0.05, 0.1) is 6.42 Å². The van der Waals surface area contributed by atoms with Crippen LogP contribution in [0, 0.1) is 0 Å². The minimum Gasteiger partial charge on any atom is -0.341 e. The summed E-state index contributed by atoms with van der Waals surface area (Å²) in [5, 5.41) is 2.34. The second-order valence-corrected chi connectivity index (χ2v) is 5.26. The van der Waals surface area contributed by atoms with Crippen LogP contribution in [0.1, 0.15) is 18.9 Å². The molecule has 2 aromatic carbocycles. The highest BCUT2D eigenvalue weighted by Crippen LogP contribution is 2.19. The van der Waals surface area contributed by atoms with Gasteiger partial charge in [0.1, 0.15) is 0 Å². The molecule has 106 valence electrons. The Bertz CT molecular complexity index is 571. The van der Waals surface area contributed by atoms with Crippen LogP contribution in [0.5, 0.6) is 0 Å². The van der Waals surface area contributed by atoms with Gasteiger partial charge in [-0.2, -0.15) is 0 Å². The molecule has 0 atom stereocenters. The van der Waals surface area contributed by atoms with Crippen molar-refractivity contribution in [2.45, 2.75) is 19.8 Å². The summed E-state index contributed by atoms with van der Waals surface area (Å²) in [4.78, 5) is 14.3. The van der Waals surface area contributed by atoms with E-state index in [2.05, 4.69) is 25.1 Å². The number of rotatable bonds is 6. The number of carbonyl (C=O) groups excluding carboxylic acids is 1. The maximum Gasteiger partial charge on any atom is 0.227 e. The van der Waals surface area contributed by atoms with Gasteiger partial charge < -0.3 is 4.90 Å². The van der Waals surface area contributed by atoms with E-state index in [0.717, 1.165) is 23.9 Å². The summed E-state index contributed by atoms with van der Waals surface area (Å²) in [5.41, 5.74) is 1.09. The third-order valence-corrected chi connectivity index (χ3v) is 3.59. The molecule has 0 bridgehead atoms. The van der Waals surface area contributed by atoms with Crippen LogP contribution in [0.2, 0.25) is 0 Å². The van der Waals surface area contributed by atoms with Gasteiger partial charge in [0, 0.05) is 19.0 Å². The van der Waals surface area contributed by atoms with Gasteiger partial charge in [-0.1, -0.05) is 49.4 Å². The molecule has 20 heavy (non-hydrogen) atoms. The van der Waals surface area contributed by atoms with Crippen molar-refractivity contribution >= 4 is 28.3 Å². The molecule has 1 amide bonds. The van der Waals surface area contributed by atoms with Crippen molar-refractivity contribution in [3.8, 4) is 0 Å². The summed E-state index contributed by atoms with van der Waals surface area (Å²) in [7, 11) is 0. The maximum absolute atomic E-state index is 12.4. The Hall–Kier alpha value is -1.54. The summed E-state index contributed by atoms with van der Waals surface area (Å²) < 4.78 is 0. The molecular weight excluding hydrogens is 270 g/mol. The van der Waals surface area contributed by atoms with E-state index in [-0.39, 0.29) is 5.91 Å². The Morgan fingerprint density at radius 1 is 1.10 bits per heavy atom. The number of halogens is 1. The van der Waals surface area contributed by atoms with E-state index in [0.29, 0.717) is 18.8 Å².